The minimum absolute atomic E-state index is 0.0514. The number of carbonyl (C=O) groups is 1. The predicted octanol–water partition coefficient (Wildman–Crippen LogP) is 1.90. The molecule has 0 aromatic rings. The highest BCUT2D eigenvalue weighted by molar-refractivity contribution is 6.50. The lowest BCUT2D eigenvalue weighted by atomic mass is 9.72. The zero-order chi connectivity index (χ0) is 15.7. The van der Waals surface area contributed by atoms with E-state index in [9.17, 15) is 14.8 Å². The Morgan fingerprint density at radius 2 is 1.90 bits per heavy atom. The number of nitrogens with one attached hydrogen (secondary N) is 1. The molecule has 0 spiro atoms. The van der Waals surface area contributed by atoms with Crippen molar-refractivity contribution in [3.8, 4) is 0 Å². The van der Waals surface area contributed by atoms with Gasteiger partial charge in [-0.3, -0.25) is 4.79 Å². The summed E-state index contributed by atoms with van der Waals surface area (Å²) in [4.78, 5) is 12.0. The Balaban J connectivity index is 5.19. The first-order valence-electron chi connectivity index (χ1n) is 6.37. The molecule has 0 unspecified atom stereocenters. The van der Waals surface area contributed by atoms with Crippen LogP contribution in [0.1, 0.15) is 20.8 Å². The smallest absolute Gasteiger partial charge is 0.423 e. The highest BCUT2D eigenvalue weighted by Gasteiger charge is 2.18. The molecule has 3 N–H and O–H groups in total. The van der Waals surface area contributed by atoms with E-state index in [1.165, 1.54) is 12.2 Å². The quantitative estimate of drug-likeness (QED) is 0.377. The molecule has 0 fully saturated rings. The van der Waals surface area contributed by atoms with E-state index in [1.807, 2.05) is 13.8 Å². The summed E-state index contributed by atoms with van der Waals surface area (Å²) in [5.41, 5.74) is 1.29. The molecule has 5 heteroatoms. The Morgan fingerprint density at radius 3 is 2.25 bits per heavy atom. The van der Waals surface area contributed by atoms with Crippen LogP contribution in [0.25, 0.3) is 0 Å². The molecule has 0 aromatic carbocycles. The molecule has 0 aromatic heterocycles. The summed E-state index contributed by atoms with van der Waals surface area (Å²) in [6, 6.07) is 0. The second-order valence-electron chi connectivity index (χ2n) is 4.43. The molecular formula is C15H22BNO3. The molecule has 0 aliphatic rings. The molecule has 0 heterocycles. The summed E-state index contributed by atoms with van der Waals surface area (Å²) < 4.78 is 0. The van der Waals surface area contributed by atoms with Crippen molar-refractivity contribution in [1.29, 1.82) is 0 Å². The van der Waals surface area contributed by atoms with E-state index >= 15 is 0 Å². The number of rotatable bonds is 7. The van der Waals surface area contributed by atoms with Crippen molar-refractivity contribution < 1.29 is 14.8 Å². The molecular weight excluding hydrogens is 253 g/mol. The third-order valence-corrected chi connectivity index (χ3v) is 2.64. The van der Waals surface area contributed by atoms with Crippen LogP contribution >= 0.6 is 0 Å². The lowest BCUT2D eigenvalue weighted by Crippen LogP contribution is -2.25. The lowest BCUT2D eigenvalue weighted by molar-refractivity contribution is -0.116. The van der Waals surface area contributed by atoms with Gasteiger partial charge in [0, 0.05) is 11.3 Å². The summed E-state index contributed by atoms with van der Waals surface area (Å²) in [5.74, 6) is -0.385. The molecule has 0 aliphatic carbocycles. The third kappa shape index (κ3) is 5.86. The fourth-order valence-electron chi connectivity index (χ4n) is 1.48. The summed E-state index contributed by atoms with van der Waals surface area (Å²) in [6.07, 6.45) is 7.71. The van der Waals surface area contributed by atoms with Crippen molar-refractivity contribution in [2.75, 3.05) is 0 Å². The van der Waals surface area contributed by atoms with E-state index in [-0.39, 0.29) is 11.8 Å². The van der Waals surface area contributed by atoms with Gasteiger partial charge in [-0.15, -0.1) is 0 Å². The Labute approximate surface area is 121 Å². The number of carbonyl (C=O) groups excluding carboxylic acids is 1. The van der Waals surface area contributed by atoms with Crippen LogP contribution in [0.5, 0.6) is 0 Å². The molecule has 0 bridgehead atoms. The first kappa shape index (κ1) is 18.2. The summed E-state index contributed by atoms with van der Waals surface area (Å²) >= 11 is 0. The maximum absolute atomic E-state index is 12.0. The Bertz CT molecular complexity index is 450. The van der Waals surface area contributed by atoms with Crippen molar-refractivity contribution in [3.05, 3.63) is 60.3 Å². The van der Waals surface area contributed by atoms with Crippen LogP contribution in [-0.4, -0.2) is 23.1 Å². The van der Waals surface area contributed by atoms with Crippen molar-refractivity contribution in [3.63, 3.8) is 0 Å². The van der Waals surface area contributed by atoms with Gasteiger partial charge < -0.3 is 15.4 Å². The average molecular weight is 275 g/mol. The van der Waals surface area contributed by atoms with E-state index in [4.69, 9.17) is 0 Å². The lowest BCUT2D eigenvalue weighted by Gasteiger charge is -2.13. The van der Waals surface area contributed by atoms with Crippen molar-refractivity contribution in [2.24, 2.45) is 5.92 Å². The molecule has 0 saturated heterocycles. The van der Waals surface area contributed by atoms with Crippen molar-refractivity contribution >= 4 is 13.0 Å². The van der Waals surface area contributed by atoms with Crippen LogP contribution in [0.4, 0.5) is 0 Å². The standard InChI is InChI=1S/C15H22BNO3/c1-6-9-12(7-2)15(18)17-13(8-3)10-14(11(4)5)16(19)20/h6-11,19-20H,1-2H2,3-5H3,(H,17,18)/b12-9+,13-8?,14-10+. The van der Waals surface area contributed by atoms with Crippen molar-refractivity contribution in [2.45, 2.75) is 20.8 Å². The van der Waals surface area contributed by atoms with Crippen LogP contribution in [0.2, 0.25) is 0 Å². The third-order valence-electron chi connectivity index (χ3n) is 2.64. The van der Waals surface area contributed by atoms with E-state index < -0.39 is 7.12 Å². The van der Waals surface area contributed by atoms with Gasteiger partial charge in [-0.2, -0.15) is 0 Å². The van der Waals surface area contributed by atoms with Gasteiger partial charge in [-0.25, -0.2) is 0 Å². The molecule has 0 radical (unpaired) electrons. The number of hydrogen-bond acceptors (Lipinski definition) is 3. The molecule has 0 aliphatic heterocycles. The average Bonchev–Trinajstić information content (AvgIpc) is 2.39. The van der Waals surface area contributed by atoms with Gasteiger partial charge in [0.2, 0.25) is 0 Å². The summed E-state index contributed by atoms with van der Waals surface area (Å²) in [6.45, 7) is 12.5. The summed E-state index contributed by atoms with van der Waals surface area (Å²) in [7, 11) is -1.55. The molecule has 0 saturated carbocycles. The highest BCUT2D eigenvalue weighted by atomic mass is 16.4. The van der Waals surface area contributed by atoms with Crippen LogP contribution in [0.3, 0.4) is 0 Å². The SMILES string of the molecule is C=C/C=C(\C=C)C(=O)NC(=CC)/C=C(/B(O)O)C(C)C. The molecule has 20 heavy (non-hydrogen) atoms. The highest BCUT2D eigenvalue weighted by Crippen LogP contribution is 2.13. The normalized spacial score (nSPS) is 13.2. The first-order valence-corrected chi connectivity index (χ1v) is 6.37. The van der Waals surface area contributed by atoms with Gasteiger partial charge in [0.05, 0.1) is 0 Å². The predicted molar refractivity (Wildman–Crippen MR) is 83.5 cm³/mol. The van der Waals surface area contributed by atoms with E-state index in [0.29, 0.717) is 16.7 Å². The molecule has 108 valence electrons. The number of hydrogen-bond donors (Lipinski definition) is 3. The minimum Gasteiger partial charge on any atom is -0.423 e. The van der Waals surface area contributed by atoms with Gasteiger partial charge in [-0.1, -0.05) is 51.3 Å². The molecule has 0 atom stereocenters. The van der Waals surface area contributed by atoms with Gasteiger partial charge in [-0.05, 0) is 24.4 Å². The van der Waals surface area contributed by atoms with Crippen molar-refractivity contribution in [1.82, 2.24) is 5.32 Å². The Hall–Kier alpha value is -1.85. The number of amides is 1. The zero-order valence-electron chi connectivity index (χ0n) is 12.3. The maximum atomic E-state index is 12.0. The largest absolute Gasteiger partial charge is 0.484 e. The molecule has 4 nitrogen and oxygen atoms in total. The minimum atomic E-state index is -1.55. The first-order chi connectivity index (χ1) is 9.37. The van der Waals surface area contributed by atoms with Gasteiger partial charge in [0.25, 0.3) is 5.91 Å². The molecule has 0 rings (SSSR count). The van der Waals surface area contributed by atoms with Crippen LogP contribution in [-0.2, 0) is 4.79 Å². The number of allylic oxidation sites excluding steroid dienone is 5. The van der Waals surface area contributed by atoms with Gasteiger partial charge in [0.1, 0.15) is 0 Å². The molecule has 1 amide bonds. The van der Waals surface area contributed by atoms with E-state index in [1.54, 1.807) is 25.2 Å². The Morgan fingerprint density at radius 1 is 1.30 bits per heavy atom. The van der Waals surface area contributed by atoms with E-state index in [0.717, 1.165) is 0 Å². The van der Waals surface area contributed by atoms with Crippen LogP contribution in [0, 0.1) is 5.92 Å². The fourth-order valence-corrected chi connectivity index (χ4v) is 1.48. The monoisotopic (exact) mass is 275 g/mol. The van der Waals surface area contributed by atoms with Gasteiger partial charge >= 0.3 is 7.12 Å². The topological polar surface area (TPSA) is 69.6 Å². The second kappa shape index (κ2) is 9.12. The second-order valence-corrected chi connectivity index (χ2v) is 4.43. The Kier molecular flexibility index (Phi) is 8.28. The van der Waals surface area contributed by atoms with E-state index in [2.05, 4.69) is 18.5 Å². The van der Waals surface area contributed by atoms with Crippen LogP contribution in [0.15, 0.2) is 60.3 Å². The maximum Gasteiger partial charge on any atom is 0.484 e. The zero-order valence-corrected chi connectivity index (χ0v) is 12.3. The van der Waals surface area contributed by atoms with Gasteiger partial charge in [0.15, 0.2) is 0 Å². The summed E-state index contributed by atoms with van der Waals surface area (Å²) in [5, 5.41) is 21.3. The fraction of sp³-hybridized carbons (Fsp3) is 0.267. The van der Waals surface area contributed by atoms with Crippen LogP contribution < -0.4 is 5.32 Å².